The van der Waals surface area contributed by atoms with Gasteiger partial charge in [-0.1, -0.05) is 36.7 Å². The number of aromatic hydroxyl groups is 1. The highest BCUT2D eigenvalue weighted by Crippen LogP contribution is 2.60. The number of amides is 1. The number of phenols is 1. The minimum absolute atomic E-state index is 0.0116. The molecule has 1 heterocycles. The van der Waals surface area contributed by atoms with Gasteiger partial charge in [0.25, 0.3) is 0 Å². The Morgan fingerprint density at radius 1 is 1.24 bits per heavy atom. The van der Waals surface area contributed by atoms with Gasteiger partial charge < -0.3 is 21.3 Å². The number of hydrogen-bond donors (Lipinski definition) is 4. The van der Waals surface area contributed by atoms with Crippen molar-refractivity contribution in [1.82, 2.24) is 5.32 Å². The summed E-state index contributed by atoms with van der Waals surface area (Å²) in [7, 11) is 0. The average Bonchev–Trinajstić information content (AvgIpc) is 3.00. The van der Waals surface area contributed by atoms with E-state index in [9.17, 15) is 15.0 Å². The maximum atomic E-state index is 13.0. The minimum atomic E-state index is -0.501. The summed E-state index contributed by atoms with van der Waals surface area (Å²) in [6, 6.07) is 12.6. The fourth-order valence-corrected chi connectivity index (χ4v) is 6.03. The Kier molecular flexibility index (Phi) is 5.21. The van der Waals surface area contributed by atoms with Crippen molar-refractivity contribution >= 4 is 23.2 Å². The summed E-state index contributed by atoms with van der Waals surface area (Å²) in [4.78, 5) is 13.0. The molecule has 1 aliphatic heterocycles. The van der Waals surface area contributed by atoms with E-state index >= 15 is 0 Å². The molecule has 4 rings (SSSR count). The van der Waals surface area contributed by atoms with Crippen LogP contribution in [0.4, 0.5) is 5.69 Å². The molecule has 0 aromatic heterocycles. The van der Waals surface area contributed by atoms with Gasteiger partial charge in [-0.2, -0.15) is 0 Å². The molecule has 5 atom stereocenters. The predicted octanol–water partition coefficient (Wildman–Crippen LogP) is 3.79. The number of carbonyl (C=O) groups is 1. The number of nitrogens with one attached hydrogen (secondary N) is 1. The van der Waals surface area contributed by atoms with Crippen LogP contribution in [0.15, 0.2) is 42.5 Å². The predicted molar refractivity (Wildman–Crippen MR) is 114 cm³/mol. The maximum Gasteiger partial charge on any atom is 0.226 e. The van der Waals surface area contributed by atoms with Crippen molar-refractivity contribution in [3.8, 4) is 5.75 Å². The first kappa shape index (κ1) is 20.0. The number of fused-ring (bicyclic) bond motifs is 1. The van der Waals surface area contributed by atoms with Crippen LogP contribution in [-0.2, 0) is 4.79 Å². The molecule has 1 saturated heterocycles. The highest BCUT2D eigenvalue weighted by molar-refractivity contribution is 6.31. The van der Waals surface area contributed by atoms with E-state index in [0.717, 1.165) is 30.4 Å². The molecule has 2 aromatic carbocycles. The van der Waals surface area contributed by atoms with Gasteiger partial charge in [-0.3, -0.25) is 4.79 Å². The summed E-state index contributed by atoms with van der Waals surface area (Å²) in [6.45, 7) is 1.96. The number of aliphatic hydroxyl groups excluding tert-OH is 1. The quantitative estimate of drug-likeness (QED) is 0.572. The van der Waals surface area contributed by atoms with Crippen LogP contribution in [-0.4, -0.2) is 28.8 Å². The fraction of sp³-hybridized carbons (Fsp3) is 0.435. The Morgan fingerprint density at radius 3 is 2.59 bits per heavy atom. The van der Waals surface area contributed by atoms with E-state index in [2.05, 4.69) is 12.2 Å². The third-order valence-electron chi connectivity index (χ3n) is 7.09. The van der Waals surface area contributed by atoms with E-state index in [-0.39, 0.29) is 42.1 Å². The van der Waals surface area contributed by atoms with Crippen LogP contribution in [0.25, 0.3) is 0 Å². The van der Waals surface area contributed by atoms with E-state index in [0.29, 0.717) is 10.7 Å². The standard InChI is InChI=1S/C23H27ClN2O3/c1-2-23-10-9-17(16-8-7-15(28)11-18(16)24)20(13-3-5-14(25)6-4-13)21(23)19(12-27)26-22(23)29/h3-8,11,17,19-21,27-28H,2,9-10,12,25H2,1H3,(H,26,29)/t17-,19+,20-,21-,23+/m0/s1. The molecule has 154 valence electrons. The van der Waals surface area contributed by atoms with Gasteiger partial charge in [-0.15, -0.1) is 0 Å². The minimum Gasteiger partial charge on any atom is -0.508 e. The van der Waals surface area contributed by atoms with Crippen LogP contribution in [0.3, 0.4) is 0 Å². The SMILES string of the molecule is CC[C@@]12CC[C@@H](c3ccc(O)cc3Cl)[C@H](c3ccc(N)cc3)[C@@H]1[C@@H](CO)NC2=O. The molecule has 1 aliphatic carbocycles. The molecule has 2 aliphatic rings. The zero-order valence-corrected chi connectivity index (χ0v) is 17.2. The summed E-state index contributed by atoms with van der Waals surface area (Å²) in [6.07, 6.45) is 2.26. The molecule has 29 heavy (non-hydrogen) atoms. The number of benzene rings is 2. The Morgan fingerprint density at radius 2 is 1.97 bits per heavy atom. The second-order valence-corrected chi connectivity index (χ2v) is 8.75. The van der Waals surface area contributed by atoms with Crippen molar-refractivity contribution in [3.05, 3.63) is 58.6 Å². The Balaban J connectivity index is 1.88. The Hall–Kier alpha value is -2.24. The van der Waals surface area contributed by atoms with E-state index in [1.54, 1.807) is 12.1 Å². The van der Waals surface area contributed by atoms with Crippen LogP contribution in [0.1, 0.15) is 49.1 Å². The molecular formula is C23H27ClN2O3. The number of anilines is 1. The molecule has 0 unspecified atom stereocenters. The van der Waals surface area contributed by atoms with Gasteiger partial charge >= 0.3 is 0 Å². The zero-order valence-electron chi connectivity index (χ0n) is 16.4. The van der Waals surface area contributed by atoms with Crippen molar-refractivity contribution in [2.75, 3.05) is 12.3 Å². The number of nitrogens with two attached hydrogens (primary N) is 1. The van der Waals surface area contributed by atoms with E-state index in [4.69, 9.17) is 17.3 Å². The first-order valence-electron chi connectivity index (χ1n) is 10.2. The van der Waals surface area contributed by atoms with Crippen molar-refractivity contribution in [2.24, 2.45) is 11.3 Å². The van der Waals surface area contributed by atoms with Gasteiger partial charge in [0.1, 0.15) is 5.75 Å². The van der Waals surface area contributed by atoms with Crippen molar-refractivity contribution in [2.45, 2.75) is 44.1 Å². The van der Waals surface area contributed by atoms with Crippen LogP contribution >= 0.6 is 11.6 Å². The monoisotopic (exact) mass is 414 g/mol. The number of rotatable bonds is 4. The molecule has 6 heteroatoms. The molecule has 0 radical (unpaired) electrons. The van der Waals surface area contributed by atoms with Crippen LogP contribution in [0.2, 0.25) is 5.02 Å². The van der Waals surface area contributed by atoms with Gasteiger partial charge in [0.15, 0.2) is 0 Å². The van der Waals surface area contributed by atoms with Gasteiger partial charge in [-0.25, -0.2) is 0 Å². The van der Waals surface area contributed by atoms with Crippen LogP contribution < -0.4 is 11.1 Å². The summed E-state index contributed by atoms with van der Waals surface area (Å²) >= 11 is 6.54. The number of nitrogen functional groups attached to an aromatic ring is 1. The van der Waals surface area contributed by atoms with Crippen molar-refractivity contribution in [1.29, 1.82) is 0 Å². The topological polar surface area (TPSA) is 95.6 Å². The lowest BCUT2D eigenvalue weighted by Crippen LogP contribution is -2.45. The summed E-state index contributed by atoms with van der Waals surface area (Å²) < 4.78 is 0. The molecule has 2 aromatic rings. The molecule has 5 nitrogen and oxygen atoms in total. The highest BCUT2D eigenvalue weighted by Gasteiger charge is 2.60. The van der Waals surface area contributed by atoms with Gasteiger partial charge in [0.2, 0.25) is 5.91 Å². The van der Waals surface area contributed by atoms with E-state index < -0.39 is 5.41 Å². The van der Waals surface area contributed by atoms with E-state index in [1.165, 1.54) is 0 Å². The third kappa shape index (κ3) is 3.17. The van der Waals surface area contributed by atoms with Crippen molar-refractivity contribution in [3.63, 3.8) is 0 Å². The molecule has 2 fully saturated rings. The van der Waals surface area contributed by atoms with Gasteiger partial charge in [-0.05, 0) is 66.5 Å². The number of hydrogen-bond acceptors (Lipinski definition) is 4. The lowest BCUT2D eigenvalue weighted by molar-refractivity contribution is -0.131. The number of carbonyl (C=O) groups excluding carboxylic acids is 1. The number of aliphatic hydroxyl groups is 1. The molecule has 0 bridgehead atoms. The second-order valence-electron chi connectivity index (χ2n) is 8.34. The van der Waals surface area contributed by atoms with E-state index in [1.807, 2.05) is 30.3 Å². The lowest BCUT2D eigenvalue weighted by atomic mass is 9.54. The molecule has 1 amide bonds. The van der Waals surface area contributed by atoms with Crippen LogP contribution in [0.5, 0.6) is 5.75 Å². The average molecular weight is 415 g/mol. The Bertz CT molecular complexity index is 917. The largest absolute Gasteiger partial charge is 0.508 e. The summed E-state index contributed by atoms with van der Waals surface area (Å²) in [5.41, 5.74) is 8.16. The van der Waals surface area contributed by atoms with Gasteiger partial charge in [0.05, 0.1) is 18.1 Å². The second kappa shape index (κ2) is 7.54. The maximum absolute atomic E-state index is 13.0. The summed E-state index contributed by atoms with van der Waals surface area (Å²) in [5, 5.41) is 23.5. The molecular weight excluding hydrogens is 388 g/mol. The summed E-state index contributed by atoms with van der Waals surface area (Å²) in [5.74, 6) is 0.171. The number of phenolic OH excluding ortho intramolecular Hbond substituents is 1. The molecule has 1 saturated carbocycles. The first-order chi connectivity index (χ1) is 13.9. The van der Waals surface area contributed by atoms with Crippen molar-refractivity contribution < 1.29 is 15.0 Å². The third-order valence-corrected chi connectivity index (χ3v) is 7.42. The lowest BCUT2D eigenvalue weighted by Gasteiger charge is -2.47. The highest BCUT2D eigenvalue weighted by atomic mass is 35.5. The molecule has 5 N–H and O–H groups in total. The normalized spacial score (nSPS) is 31.3. The molecule has 0 spiro atoms. The first-order valence-corrected chi connectivity index (χ1v) is 10.5. The Labute approximate surface area is 175 Å². The van der Waals surface area contributed by atoms with Crippen LogP contribution in [0, 0.1) is 11.3 Å². The fourth-order valence-electron chi connectivity index (χ4n) is 5.71. The zero-order chi connectivity index (χ0) is 20.8. The number of halogens is 1. The van der Waals surface area contributed by atoms with Gasteiger partial charge in [0, 0.05) is 16.6 Å². The smallest absolute Gasteiger partial charge is 0.226 e.